The Morgan fingerprint density at radius 2 is 1.91 bits per heavy atom. The first-order valence-electron chi connectivity index (χ1n) is 7.53. The Morgan fingerprint density at radius 3 is 2.41 bits per heavy atom. The summed E-state index contributed by atoms with van der Waals surface area (Å²) in [6.07, 6.45) is 1.34. The van der Waals surface area contributed by atoms with Gasteiger partial charge in [-0.3, -0.25) is 9.59 Å². The summed E-state index contributed by atoms with van der Waals surface area (Å²) < 4.78 is 0. The zero-order chi connectivity index (χ0) is 16.8. The number of carbonyl (C=O) groups is 2. The molecule has 0 saturated heterocycles. The van der Waals surface area contributed by atoms with E-state index < -0.39 is 11.5 Å². The van der Waals surface area contributed by atoms with Crippen molar-refractivity contribution < 1.29 is 14.7 Å². The number of benzene rings is 1. The van der Waals surface area contributed by atoms with E-state index in [0.717, 1.165) is 6.42 Å². The van der Waals surface area contributed by atoms with Gasteiger partial charge in [0.1, 0.15) is 0 Å². The van der Waals surface area contributed by atoms with Crippen LogP contribution in [0, 0.1) is 5.92 Å². The number of nitrogens with one attached hydrogen (secondary N) is 1. The summed E-state index contributed by atoms with van der Waals surface area (Å²) in [5.41, 5.74) is 0.118. The zero-order valence-corrected chi connectivity index (χ0v) is 14.1. The first-order chi connectivity index (χ1) is 10.3. The predicted octanol–water partition coefficient (Wildman–Crippen LogP) is 3.22. The van der Waals surface area contributed by atoms with Crippen LogP contribution in [0.5, 0.6) is 0 Å². The molecule has 1 amide bonds. The van der Waals surface area contributed by atoms with Gasteiger partial charge < -0.3 is 10.4 Å². The lowest BCUT2D eigenvalue weighted by atomic mass is 9.92. The molecule has 1 aromatic rings. The van der Waals surface area contributed by atoms with Gasteiger partial charge in [-0.2, -0.15) is 0 Å². The van der Waals surface area contributed by atoms with Gasteiger partial charge in [0.15, 0.2) is 5.78 Å². The molecule has 5 heteroatoms. The first-order valence-corrected chi connectivity index (χ1v) is 7.90. The molecular weight excluding hydrogens is 302 g/mol. The number of aliphatic hydroxyl groups is 1. The Morgan fingerprint density at radius 1 is 1.32 bits per heavy atom. The number of rotatable bonds is 8. The van der Waals surface area contributed by atoms with Gasteiger partial charge in [0.25, 0.3) is 0 Å². The van der Waals surface area contributed by atoms with Crippen molar-refractivity contribution in [2.24, 2.45) is 5.92 Å². The third-order valence-electron chi connectivity index (χ3n) is 3.95. The number of hydrogen-bond acceptors (Lipinski definition) is 3. The summed E-state index contributed by atoms with van der Waals surface area (Å²) in [5.74, 6) is -0.656. The van der Waals surface area contributed by atoms with E-state index in [0.29, 0.717) is 17.0 Å². The van der Waals surface area contributed by atoms with Crippen LogP contribution in [0.4, 0.5) is 0 Å². The van der Waals surface area contributed by atoms with Gasteiger partial charge in [0.2, 0.25) is 5.91 Å². The normalized spacial score (nSPS) is 15.0. The van der Waals surface area contributed by atoms with E-state index in [4.69, 9.17) is 16.7 Å². The Balaban J connectivity index is 2.63. The number of halogens is 1. The maximum absolute atomic E-state index is 12.3. The predicted molar refractivity (Wildman–Crippen MR) is 88.1 cm³/mol. The van der Waals surface area contributed by atoms with Crippen molar-refractivity contribution in [3.8, 4) is 0 Å². The molecule has 0 radical (unpaired) electrons. The molecule has 0 aliphatic heterocycles. The minimum atomic E-state index is -0.436. The first kappa shape index (κ1) is 18.7. The summed E-state index contributed by atoms with van der Waals surface area (Å²) in [4.78, 5) is 24.4. The third-order valence-corrected chi connectivity index (χ3v) is 4.20. The molecule has 122 valence electrons. The molecule has 4 nitrogen and oxygen atoms in total. The Hall–Kier alpha value is -1.39. The average Bonchev–Trinajstić information content (AvgIpc) is 2.47. The van der Waals surface area contributed by atoms with Crippen LogP contribution in [0.15, 0.2) is 24.3 Å². The molecule has 2 N–H and O–H groups in total. The molecule has 0 saturated carbocycles. The van der Waals surface area contributed by atoms with E-state index in [9.17, 15) is 9.59 Å². The molecular formula is C17H24ClNO3. The number of ketones is 1. The maximum Gasteiger partial charge on any atom is 0.221 e. The van der Waals surface area contributed by atoms with Crippen LogP contribution >= 0.6 is 11.6 Å². The van der Waals surface area contributed by atoms with Gasteiger partial charge in [-0.25, -0.2) is 0 Å². The standard InChI is InChI=1S/C17H24ClNO3/c1-4-17(3,9-10-20)19-15(21)11-12(2)16(22)13-5-7-14(18)8-6-13/h5-8,12,20H,4,9-11H2,1-3H3,(H,19,21). The van der Waals surface area contributed by atoms with Gasteiger partial charge in [-0.15, -0.1) is 0 Å². The lowest BCUT2D eigenvalue weighted by Crippen LogP contribution is -2.46. The summed E-state index contributed by atoms with van der Waals surface area (Å²) in [6.45, 7) is 5.61. The van der Waals surface area contributed by atoms with Crippen LogP contribution in [0.1, 0.15) is 50.4 Å². The fraction of sp³-hybridized carbons (Fsp3) is 0.529. The maximum atomic E-state index is 12.3. The highest BCUT2D eigenvalue weighted by atomic mass is 35.5. The number of amides is 1. The highest BCUT2D eigenvalue weighted by Crippen LogP contribution is 2.18. The molecule has 22 heavy (non-hydrogen) atoms. The second-order valence-corrected chi connectivity index (χ2v) is 6.35. The number of hydrogen-bond donors (Lipinski definition) is 2. The van der Waals surface area contributed by atoms with Crippen molar-refractivity contribution >= 4 is 23.3 Å². The second-order valence-electron chi connectivity index (χ2n) is 5.91. The fourth-order valence-corrected chi connectivity index (χ4v) is 2.36. The van der Waals surface area contributed by atoms with Crippen LogP contribution in [-0.2, 0) is 4.79 Å². The average molecular weight is 326 g/mol. The van der Waals surface area contributed by atoms with Gasteiger partial charge in [-0.1, -0.05) is 25.4 Å². The highest BCUT2D eigenvalue weighted by Gasteiger charge is 2.26. The summed E-state index contributed by atoms with van der Waals surface area (Å²) >= 11 is 5.80. The molecule has 0 fully saturated rings. The van der Waals surface area contributed by atoms with Crippen molar-refractivity contribution in [1.29, 1.82) is 0 Å². The van der Waals surface area contributed by atoms with E-state index in [-0.39, 0.29) is 24.7 Å². The summed E-state index contributed by atoms with van der Waals surface area (Å²) in [5, 5.41) is 12.6. The van der Waals surface area contributed by atoms with Gasteiger partial charge in [-0.05, 0) is 44.0 Å². The monoisotopic (exact) mass is 325 g/mol. The van der Waals surface area contributed by atoms with E-state index in [1.54, 1.807) is 31.2 Å². The molecule has 0 bridgehead atoms. The number of carbonyl (C=O) groups excluding carboxylic acids is 2. The zero-order valence-electron chi connectivity index (χ0n) is 13.4. The lowest BCUT2D eigenvalue weighted by molar-refractivity contribution is -0.123. The lowest BCUT2D eigenvalue weighted by Gasteiger charge is -2.29. The van der Waals surface area contributed by atoms with Crippen molar-refractivity contribution in [3.05, 3.63) is 34.9 Å². The van der Waals surface area contributed by atoms with Crippen LogP contribution in [0.2, 0.25) is 5.02 Å². The quantitative estimate of drug-likeness (QED) is 0.721. The van der Waals surface area contributed by atoms with Gasteiger partial charge in [0.05, 0.1) is 0 Å². The van der Waals surface area contributed by atoms with Crippen LogP contribution in [0.25, 0.3) is 0 Å². The Labute approximate surface area is 136 Å². The Kier molecular flexibility index (Phi) is 7.04. The molecule has 0 aromatic heterocycles. The van der Waals surface area contributed by atoms with Gasteiger partial charge >= 0.3 is 0 Å². The van der Waals surface area contributed by atoms with E-state index in [2.05, 4.69) is 5.32 Å². The fourth-order valence-electron chi connectivity index (χ4n) is 2.23. The second kappa shape index (κ2) is 8.30. The third kappa shape index (κ3) is 5.43. The molecule has 2 atom stereocenters. The Bertz CT molecular complexity index is 515. The molecule has 0 spiro atoms. The SMILES string of the molecule is CCC(C)(CCO)NC(=O)CC(C)C(=O)c1ccc(Cl)cc1. The van der Waals surface area contributed by atoms with Crippen LogP contribution in [0.3, 0.4) is 0 Å². The van der Waals surface area contributed by atoms with Crippen LogP contribution in [-0.4, -0.2) is 28.9 Å². The minimum absolute atomic E-state index is 0.0177. The van der Waals surface area contributed by atoms with E-state index in [1.165, 1.54) is 0 Å². The van der Waals surface area contributed by atoms with Gasteiger partial charge in [0, 0.05) is 35.1 Å². The molecule has 0 aliphatic carbocycles. The number of Topliss-reactive ketones (excluding diaryl/α,β-unsaturated/α-hetero) is 1. The molecule has 0 heterocycles. The van der Waals surface area contributed by atoms with Crippen molar-refractivity contribution in [1.82, 2.24) is 5.32 Å². The van der Waals surface area contributed by atoms with E-state index in [1.807, 2.05) is 13.8 Å². The van der Waals surface area contributed by atoms with Crippen LogP contribution < -0.4 is 5.32 Å². The number of aliphatic hydroxyl groups excluding tert-OH is 1. The highest BCUT2D eigenvalue weighted by molar-refractivity contribution is 6.30. The molecule has 1 aromatic carbocycles. The summed E-state index contributed by atoms with van der Waals surface area (Å²) in [6, 6.07) is 6.66. The minimum Gasteiger partial charge on any atom is -0.396 e. The topological polar surface area (TPSA) is 66.4 Å². The smallest absolute Gasteiger partial charge is 0.221 e. The van der Waals surface area contributed by atoms with Crippen molar-refractivity contribution in [3.63, 3.8) is 0 Å². The molecule has 2 unspecified atom stereocenters. The van der Waals surface area contributed by atoms with E-state index >= 15 is 0 Å². The largest absolute Gasteiger partial charge is 0.396 e. The summed E-state index contributed by atoms with van der Waals surface area (Å²) in [7, 11) is 0. The molecule has 1 rings (SSSR count). The van der Waals surface area contributed by atoms with Crippen molar-refractivity contribution in [2.75, 3.05) is 6.61 Å². The molecule has 0 aliphatic rings. The van der Waals surface area contributed by atoms with Crippen molar-refractivity contribution in [2.45, 2.75) is 45.6 Å².